The van der Waals surface area contributed by atoms with E-state index in [0.29, 0.717) is 5.41 Å². The summed E-state index contributed by atoms with van der Waals surface area (Å²) < 4.78 is 0. The summed E-state index contributed by atoms with van der Waals surface area (Å²) >= 11 is 0. The maximum absolute atomic E-state index is 11.6. The number of anilines is 1. The molecule has 0 radical (unpaired) electrons. The van der Waals surface area contributed by atoms with Gasteiger partial charge in [-0.2, -0.15) is 0 Å². The van der Waals surface area contributed by atoms with Crippen molar-refractivity contribution in [3.05, 3.63) is 30.3 Å². The summed E-state index contributed by atoms with van der Waals surface area (Å²) in [6, 6.07) is 10.6. The Bertz CT molecular complexity index is 459. The molecule has 0 N–H and O–H groups in total. The Hall–Kier alpha value is -1.51. The Morgan fingerprint density at radius 2 is 1.89 bits per heavy atom. The molecule has 2 saturated heterocycles. The van der Waals surface area contributed by atoms with Crippen LogP contribution in [-0.4, -0.2) is 37.0 Å². The lowest BCUT2D eigenvalue weighted by Gasteiger charge is -2.40. The average Bonchev–Trinajstić information content (AvgIpc) is 2.83. The lowest BCUT2D eigenvalue weighted by atomic mass is 9.79. The zero-order valence-corrected chi connectivity index (χ0v) is 11.6. The maximum Gasteiger partial charge on any atom is 0.219 e. The fourth-order valence-corrected chi connectivity index (χ4v) is 3.60. The Balaban J connectivity index is 1.72. The van der Waals surface area contributed by atoms with Gasteiger partial charge in [-0.1, -0.05) is 18.2 Å². The van der Waals surface area contributed by atoms with Crippen LogP contribution < -0.4 is 4.90 Å². The summed E-state index contributed by atoms with van der Waals surface area (Å²) in [5.74, 6) is 0.234. The van der Waals surface area contributed by atoms with Crippen molar-refractivity contribution in [2.24, 2.45) is 5.41 Å². The molecule has 2 aliphatic heterocycles. The SMILES string of the molecule is CC(=O)N1CCC[C@@]2(CCN(c3ccccc3)C2)C1. The minimum atomic E-state index is 0.234. The van der Waals surface area contributed by atoms with Gasteiger partial charge in [0.2, 0.25) is 5.91 Å². The molecule has 1 aromatic carbocycles. The van der Waals surface area contributed by atoms with E-state index in [1.807, 2.05) is 4.90 Å². The molecular weight excluding hydrogens is 236 g/mol. The van der Waals surface area contributed by atoms with Gasteiger partial charge < -0.3 is 9.80 Å². The zero-order chi connectivity index (χ0) is 13.3. The number of nitrogens with zero attached hydrogens (tertiary/aromatic N) is 2. The average molecular weight is 258 g/mol. The summed E-state index contributed by atoms with van der Waals surface area (Å²) in [7, 11) is 0. The molecule has 2 fully saturated rings. The number of likely N-dealkylation sites (tertiary alicyclic amines) is 1. The second-order valence-corrected chi connectivity index (χ2v) is 6.05. The quantitative estimate of drug-likeness (QED) is 0.773. The lowest BCUT2D eigenvalue weighted by molar-refractivity contribution is -0.132. The summed E-state index contributed by atoms with van der Waals surface area (Å²) in [6.07, 6.45) is 3.63. The molecule has 1 amide bonds. The Kier molecular flexibility index (Phi) is 3.21. The second-order valence-electron chi connectivity index (χ2n) is 6.05. The second kappa shape index (κ2) is 4.87. The molecule has 0 bridgehead atoms. The van der Waals surface area contributed by atoms with E-state index >= 15 is 0 Å². The molecule has 3 rings (SSSR count). The Morgan fingerprint density at radius 1 is 1.11 bits per heavy atom. The first-order chi connectivity index (χ1) is 9.19. The topological polar surface area (TPSA) is 23.6 Å². The summed E-state index contributed by atoms with van der Waals surface area (Å²) in [4.78, 5) is 16.1. The molecule has 2 heterocycles. The van der Waals surface area contributed by atoms with Gasteiger partial charge in [-0.3, -0.25) is 4.79 Å². The van der Waals surface area contributed by atoms with Crippen LogP contribution in [-0.2, 0) is 4.79 Å². The lowest BCUT2D eigenvalue weighted by Crippen LogP contribution is -2.46. The van der Waals surface area contributed by atoms with Gasteiger partial charge in [0, 0.05) is 44.2 Å². The number of amides is 1. The number of piperidine rings is 1. The fourth-order valence-electron chi connectivity index (χ4n) is 3.60. The van der Waals surface area contributed by atoms with Gasteiger partial charge in [-0.15, -0.1) is 0 Å². The van der Waals surface area contributed by atoms with E-state index in [1.165, 1.54) is 18.5 Å². The molecule has 19 heavy (non-hydrogen) atoms. The molecule has 1 spiro atoms. The van der Waals surface area contributed by atoms with Gasteiger partial charge in [0.1, 0.15) is 0 Å². The highest BCUT2D eigenvalue weighted by atomic mass is 16.2. The first kappa shape index (κ1) is 12.5. The predicted octanol–water partition coefficient (Wildman–Crippen LogP) is 2.53. The van der Waals surface area contributed by atoms with Crippen LogP contribution in [0.15, 0.2) is 30.3 Å². The summed E-state index contributed by atoms with van der Waals surface area (Å²) in [5, 5.41) is 0. The van der Waals surface area contributed by atoms with Gasteiger partial charge in [0.05, 0.1) is 0 Å². The van der Waals surface area contributed by atoms with Gasteiger partial charge in [-0.25, -0.2) is 0 Å². The first-order valence-corrected chi connectivity index (χ1v) is 7.24. The van der Waals surface area contributed by atoms with Crippen molar-refractivity contribution in [1.29, 1.82) is 0 Å². The highest BCUT2D eigenvalue weighted by Crippen LogP contribution is 2.40. The molecule has 102 valence electrons. The van der Waals surface area contributed by atoms with Crippen LogP contribution >= 0.6 is 0 Å². The van der Waals surface area contributed by atoms with E-state index in [0.717, 1.165) is 32.6 Å². The van der Waals surface area contributed by atoms with Gasteiger partial charge in [-0.05, 0) is 31.4 Å². The van der Waals surface area contributed by atoms with E-state index in [1.54, 1.807) is 6.92 Å². The molecule has 2 aliphatic rings. The van der Waals surface area contributed by atoms with Crippen LogP contribution in [0.5, 0.6) is 0 Å². The highest BCUT2D eigenvalue weighted by Gasteiger charge is 2.41. The summed E-state index contributed by atoms with van der Waals surface area (Å²) in [5.41, 5.74) is 1.65. The first-order valence-electron chi connectivity index (χ1n) is 7.24. The number of hydrogen-bond acceptors (Lipinski definition) is 2. The van der Waals surface area contributed by atoms with Crippen LogP contribution in [0.3, 0.4) is 0 Å². The third-order valence-corrected chi connectivity index (χ3v) is 4.67. The number of rotatable bonds is 1. The minimum Gasteiger partial charge on any atom is -0.371 e. The summed E-state index contributed by atoms with van der Waals surface area (Å²) in [6.45, 7) is 5.81. The van der Waals surface area contributed by atoms with Crippen LogP contribution in [0.1, 0.15) is 26.2 Å². The molecule has 0 saturated carbocycles. The predicted molar refractivity (Wildman–Crippen MR) is 77.2 cm³/mol. The molecule has 0 unspecified atom stereocenters. The highest BCUT2D eigenvalue weighted by molar-refractivity contribution is 5.73. The van der Waals surface area contributed by atoms with Gasteiger partial charge in [0.25, 0.3) is 0 Å². The minimum absolute atomic E-state index is 0.234. The van der Waals surface area contributed by atoms with E-state index < -0.39 is 0 Å². The number of carbonyl (C=O) groups excluding carboxylic acids is 1. The molecule has 0 aromatic heterocycles. The zero-order valence-electron chi connectivity index (χ0n) is 11.6. The number of benzene rings is 1. The maximum atomic E-state index is 11.6. The van der Waals surface area contributed by atoms with Crippen molar-refractivity contribution in [3.8, 4) is 0 Å². The van der Waals surface area contributed by atoms with Crippen molar-refractivity contribution in [3.63, 3.8) is 0 Å². The van der Waals surface area contributed by atoms with E-state index in [9.17, 15) is 4.79 Å². The largest absolute Gasteiger partial charge is 0.371 e. The van der Waals surface area contributed by atoms with Crippen LogP contribution in [0.4, 0.5) is 5.69 Å². The van der Waals surface area contributed by atoms with Crippen LogP contribution in [0, 0.1) is 5.41 Å². The van der Waals surface area contributed by atoms with Crippen molar-refractivity contribution in [2.75, 3.05) is 31.1 Å². The molecule has 1 aromatic rings. The monoisotopic (exact) mass is 258 g/mol. The van der Waals surface area contributed by atoms with Crippen molar-refractivity contribution in [1.82, 2.24) is 4.90 Å². The Labute approximate surface area is 115 Å². The van der Waals surface area contributed by atoms with Crippen molar-refractivity contribution in [2.45, 2.75) is 26.2 Å². The van der Waals surface area contributed by atoms with E-state index in [4.69, 9.17) is 0 Å². The number of para-hydroxylation sites is 1. The van der Waals surface area contributed by atoms with Gasteiger partial charge >= 0.3 is 0 Å². The van der Waals surface area contributed by atoms with Gasteiger partial charge in [0.15, 0.2) is 0 Å². The molecule has 1 atom stereocenters. The van der Waals surface area contributed by atoms with Crippen LogP contribution in [0.2, 0.25) is 0 Å². The number of carbonyl (C=O) groups is 1. The van der Waals surface area contributed by atoms with E-state index in [2.05, 4.69) is 35.2 Å². The molecule has 3 nitrogen and oxygen atoms in total. The van der Waals surface area contributed by atoms with E-state index in [-0.39, 0.29) is 5.91 Å². The van der Waals surface area contributed by atoms with Crippen molar-refractivity contribution < 1.29 is 4.79 Å². The standard InChI is InChI=1S/C16H22N2O/c1-14(19)17-10-5-8-16(12-17)9-11-18(13-16)15-6-3-2-4-7-15/h2-4,6-7H,5,8-13H2,1H3/t16-/m1/s1. The fraction of sp³-hybridized carbons (Fsp3) is 0.562. The smallest absolute Gasteiger partial charge is 0.219 e. The van der Waals surface area contributed by atoms with Crippen molar-refractivity contribution >= 4 is 11.6 Å². The molecular formula is C16H22N2O. The normalized spacial score (nSPS) is 27.0. The molecule has 0 aliphatic carbocycles. The third kappa shape index (κ3) is 2.46. The third-order valence-electron chi connectivity index (χ3n) is 4.67. The number of hydrogen-bond donors (Lipinski definition) is 0. The van der Waals surface area contributed by atoms with Crippen LogP contribution in [0.25, 0.3) is 0 Å². The Morgan fingerprint density at radius 3 is 2.63 bits per heavy atom. The molecule has 3 heteroatoms.